The van der Waals surface area contributed by atoms with Gasteiger partial charge in [-0.25, -0.2) is 4.98 Å². The Hall–Kier alpha value is -2.88. The number of anilines is 3. The van der Waals surface area contributed by atoms with Crippen molar-refractivity contribution < 1.29 is 0 Å². The van der Waals surface area contributed by atoms with Crippen LogP contribution in [0.15, 0.2) is 54.6 Å². The molecule has 4 heteroatoms. The Morgan fingerprint density at radius 1 is 0.846 bits per heavy atom. The number of benzene rings is 2. The molecule has 1 aromatic heterocycles. The number of nitrogens with zero attached hydrogens (tertiary/aromatic N) is 3. The highest BCUT2D eigenvalue weighted by Gasteiger charge is 2.16. The van der Waals surface area contributed by atoms with Crippen LogP contribution in [-0.2, 0) is 0 Å². The molecule has 0 atom stereocenters. The standard InChI is InChI=1S/C22H24N4/c1-16-12-17(2)14-19(13-16)23-22-24-20(18-8-4-3-5-9-18)15-21(25-22)26-10-6-7-11-26/h3-5,8-9,12-15H,6-7,10-11H2,1-2H3,(H,23,24,25). The lowest BCUT2D eigenvalue weighted by Crippen LogP contribution is -2.19. The fraction of sp³-hybridized carbons (Fsp3) is 0.273. The highest BCUT2D eigenvalue weighted by Crippen LogP contribution is 2.27. The molecule has 132 valence electrons. The molecule has 0 unspecified atom stereocenters. The molecule has 0 radical (unpaired) electrons. The Balaban J connectivity index is 1.74. The van der Waals surface area contributed by atoms with Crippen LogP contribution >= 0.6 is 0 Å². The largest absolute Gasteiger partial charge is 0.356 e. The predicted molar refractivity (Wildman–Crippen MR) is 108 cm³/mol. The van der Waals surface area contributed by atoms with Crippen LogP contribution in [0.4, 0.5) is 17.5 Å². The molecule has 1 saturated heterocycles. The number of hydrogen-bond donors (Lipinski definition) is 1. The predicted octanol–water partition coefficient (Wildman–Crippen LogP) is 5.10. The monoisotopic (exact) mass is 344 g/mol. The number of aryl methyl sites for hydroxylation is 2. The smallest absolute Gasteiger partial charge is 0.229 e. The first kappa shape index (κ1) is 16.6. The van der Waals surface area contributed by atoms with Gasteiger partial charge in [-0.2, -0.15) is 4.98 Å². The molecule has 2 aromatic carbocycles. The minimum atomic E-state index is 0.651. The minimum Gasteiger partial charge on any atom is -0.356 e. The summed E-state index contributed by atoms with van der Waals surface area (Å²) in [6, 6.07) is 18.8. The molecule has 1 aliphatic heterocycles. The molecule has 26 heavy (non-hydrogen) atoms. The van der Waals surface area contributed by atoms with E-state index in [1.807, 2.05) is 18.2 Å². The summed E-state index contributed by atoms with van der Waals surface area (Å²) in [6.45, 7) is 6.34. The summed E-state index contributed by atoms with van der Waals surface area (Å²) in [5, 5.41) is 3.41. The average Bonchev–Trinajstić information content (AvgIpc) is 3.16. The first-order valence-corrected chi connectivity index (χ1v) is 9.22. The van der Waals surface area contributed by atoms with Crippen LogP contribution < -0.4 is 10.2 Å². The van der Waals surface area contributed by atoms with Crippen LogP contribution in [-0.4, -0.2) is 23.1 Å². The summed E-state index contributed by atoms with van der Waals surface area (Å²) < 4.78 is 0. The van der Waals surface area contributed by atoms with Gasteiger partial charge in [0, 0.05) is 30.4 Å². The van der Waals surface area contributed by atoms with Crippen LogP contribution in [0.3, 0.4) is 0 Å². The molecule has 1 aliphatic rings. The normalized spacial score (nSPS) is 13.8. The Morgan fingerprint density at radius 3 is 2.23 bits per heavy atom. The van der Waals surface area contributed by atoms with Gasteiger partial charge >= 0.3 is 0 Å². The van der Waals surface area contributed by atoms with E-state index < -0.39 is 0 Å². The summed E-state index contributed by atoms with van der Waals surface area (Å²) in [5.41, 5.74) is 5.55. The highest BCUT2D eigenvalue weighted by molar-refractivity contribution is 5.67. The third-order valence-electron chi connectivity index (χ3n) is 4.69. The molecule has 1 N–H and O–H groups in total. The minimum absolute atomic E-state index is 0.651. The zero-order chi connectivity index (χ0) is 17.9. The first-order valence-electron chi connectivity index (χ1n) is 9.22. The fourth-order valence-corrected chi connectivity index (χ4v) is 3.53. The van der Waals surface area contributed by atoms with E-state index in [9.17, 15) is 0 Å². The van der Waals surface area contributed by atoms with Crippen LogP contribution in [0.25, 0.3) is 11.3 Å². The van der Waals surface area contributed by atoms with Crippen molar-refractivity contribution in [3.8, 4) is 11.3 Å². The van der Waals surface area contributed by atoms with Gasteiger partial charge in [-0.15, -0.1) is 0 Å². The van der Waals surface area contributed by atoms with Crippen molar-refractivity contribution >= 4 is 17.5 Å². The van der Waals surface area contributed by atoms with E-state index >= 15 is 0 Å². The van der Waals surface area contributed by atoms with Gasteiger partial charge in [0.05, 0.1) is 5.69 Å². The molecule has 4 rings (SSSR count). The van der Waals surface area contributed by atoms with Crippen molar-refractivity contribution in [2.24, 2.45) is 0 Å². The Labute approximate surface area is 154 Å². The lowest BCUT2D eigenvalue weighted by Gasteiger charge is -2.18. The zero-order valence-corrected chi connectivity index (χ0v) is 15.4. The van der Waals surface area contributed by atoms with Gasteiger partial charge < -0.3 is 10.2 Å². The quantitative estimate of drug-likeness (QED) is 0.714. The van der Waals surface area contributed by atoms with E-state index in [0.717, 1.165) is 35.9 Å². The fourth-order valence-electron chi connectivity index (χ4n) is 3.53. The maximum Gasteiger partial charge on any atom is 0.229 e. The van der Waals surface area contributed by atoms with Crippen molar-refractivity contribution in [3.05, 3.63) is 65.7 Å². The van der Waals surface area contributed by atoms with Gasteiger partial charge in [0.15, 0.2) is 0 Å². The lowest BCUT2D eigenvalue weighted by atomic mass is 10.1. The lowest BCUT2D eigenvalue weighted by molar-refractivity contribution is 0.931. The number of aromatic nitrogens is 2. The van der Waals surface area contributed by atoms with Gasteiger partial charge in [0.1, 0.15) is 5.82 Å². The molecule has 0 amide bonds. The molecular formula is C22H24N4. The summed E-state index contributed by atoms with van der Waals surface area (Å²) >= 11 is 0. The molecule has 0 bridgehead atoms. The zero-order valence-electron chi connectivity index (χ0n) is 15.4. The molecular weight excluding hydrogens is 320 g/mol. The summed E-state index contributed by atoms with van der Waals surface area (Å²) in [7, 11) is 0. The molecule has 0 spiro atoms. The van der Waals surface area contributed by atoms with Crippen LogP contribution in [0, 0.1) is 13.8 Å². The van der Waals surface area contributed by atoms with Crippen molar-refractivity contribution in [3.63, 3.8) is 0 Å². The van der Waals surface area contributed by atoms with Gasteiger partial charge in [-0.1, -0.05) is 36.4 Å². The Bertz CT molecular complexity index is 879. The number of hydrogen-bond acceptors (Lipinski definition) is 4. The maximum atomic E-state index is 4.80. The van der Waals surface area contributed by atoms with Crippen LogP contribution in [0.2, 0.25) is 0 Å². The number of nitrogens with one attached hydrogen (secondary N) is 1. The van der Waals surface area contributed by atoms with Gasteiger partial charge in [0.25, 0.3) is 0 Å². The molecule has 4 nitrogen and oxygen atoms in total. The second-order valence-electron chi connectivity index (χ2n) is 7.00. The van der Waals surface area contributed by atoms with Crippen molar-refractivity contribution in [2.45, 2.75) is 26.7 Å². The van der Waals surface area contributed by atoms with Crippen molar-refractivity contribution in [1.82, 2.24) is 9.97 Å². The second-order valence-corrected chi connectivity index (χ2v) is 7.00. The van der Waals surface area contributed by atoms with E-state index in [-0.39, 0.29) is 0 Å². The van der Waals surface area contributed by atoms with E-state index in [1.54, 1.807) is 0 Å². The topological polar surface area (TPSA) is 41.1 Å². The second kappa shape index (κ2) is 7.16. The highest BCUT2D eigenvalue weighted by atomic mass is 15.2. The maximum absolute atomic E-state index is 4.80. The molecule has 3 aromatic rings. The Kier molecular flexibility index (Phi) is 4.57. The van der Waals surface area contributed by atoms with Crippen LogP contribution in [0.5, 0.6) is 0 Å². The van der Waals surface area contributed by atoms with Crippen molar-refractivity contribution in [1.29, 1.82) is 0 Å². The molecule has 1 fully saturated rings. The molecule has 0 saturated carbocycles. The third kappa shape index (κ3) is 3.69. The van der Waals surface area contributed by atoms with E-state index in [1.165, 1.54) is 24.0 Å². The summed E-state index contributed by atoms with van der Waals surface area (Å²) in [4.78, 5) is 11.9. The molecule has 0 aliphatic carbocycles. The van der Waals surface area contributed by atoms with Gasteiger partial charge in [-0.3, -0.25) is 0 Å². The van der Waals surface area contributed by atoms with Gasteiger partial charge in [-0.05, 0) is 49.9 Å². The summed E-state index contributed by atoms with van der Waals surface area (Å²) in [6.07, 6.45) is 2.45. The van der Waals surface area contributed by atoms with E-state index in [2.05, 4.69) is 60.5 Å². The first-order chi connectivity index (χ1) is 12.7. The SMILES string of the molecule is Cc1cc(C)cc(Nc2nc(-c3ccccc3)cc(N3CCCC3)n2)c1. The van der Waals surface area contributed by atoms with E-state index in [0.29, 0.717) is 5.95 Å². The van der Waals surface area contributed by atoms with Gasteiger partial charge in [0.2, 0.25) is 5.95 Å². The average molecular weight is 344 g/mol. The Morgan fingerprint density at radius 2 is 1.54 bits per heavy atom. The number of rotatable bonds is 4. The van der Waals surface area contributed by atoms with E-state index in [4.69, 9.17) is 9.97 Å². The van der Waals surface area contributed by atoms with Crippen molar-refractivity contribution in [2.75, 3.05) is 23.3 Å². The third-order valence-corrected chi connectivity index (χ3v) is 4.69. The summed E-state index contributed by atoms with van der Waals surface area (Å²) in [5.74, 6) is 1.65. The van der Waals surface area contributed by atoms with Crippen LogP contribution in [0.1, 0.15) is 24.0 Å². The molecule has 2 heterocycles.